The molecule has 0 aliphatic carbocycles. The van der Waals surface area contributed by atoms with Gasteiger partial charge in [-0.2, -0.15) is 18.2 Å². The number of amides is 2. The first-order valence-electron chi connectivity index (χ1n) is 6.85. The van der Waals surface area contributed by atoms with E-state index in [9.17, 15) is 18.0 Å². The molecule has 0 spiro atoms. The second kappa shape index (κ2) is 5.56. The van der Waals surface area contributed by atoms with Gasteiger partial charge >= 0.3 is 18.1 Å². The summed E-state index contributed by atoms with van der Waals surface area (Å²) in [7, 11) is 1.74. The fraction of sp³-hybridized carbons (Fsp3) is 0.357. The van der Waals surface area contributed by atoms with E-state index < -0.39 is 12.1 Å². The molecule has 0 saturated carbocycles. The summed E-state index contributed by atoms with van der Waals surface area (Å²) in [5, 5.41) is 3.33. The number of urea groups is 1. The molecule has 0 bridgehead atoms. The molecule has 0 N–H and O–H groups in total. The molecule has 1 aromatic carbocycles. The quantitative estimate of drug-likeness (QED) is 0.870. The molecule has 0 radical (unpaired) electrons. The van der Waals surface area contributed by atoms with E-state index >= 15 is 0 Å². The van der Waals surface area contributed by atoms with E-state index in [1.54, 1.807) is 41.1 Å². The molecule has 2 amide bonds. The highest BCUT2D eigenvalue weighted by Crippen LogP contribution is 2.29. The molecule has 1 fully saturated rings. The topological polar surface area (TPSA) is 62.5 Å². The first kappa shape index (κ1) is 15.3. The molecule has 2 heterocycles. The van der Waals surface area contributed by atoms with Gasteiger partial charge in [-0.3, -0.25) is 0 Å². The number of aromatic nitrogens is 2. The Kier molecular flexibility index (Phi) is 3.70. The number of hydrogen-bond acceptors (Lipinski definition) is 4. The van der Waals surface area contributed by atoms with Crippen molar-refractivity contribution in [2.75, 3.05) is 20.1 Å². The van der Waals surface area contributed by atoms with Gasteiger partial charge in [0.25, 0.3) is 0 Å². The highest BCUT2D eigenvalue weighted by molar-refractivity contribution is 5.76. The number of carbonyl (C=O) groups excluding carboxylic acids is 1. The molecule has 1 aliphatic heterocycles. The van der Waals surface area contributed by atoms with Gasteiger partial charge in [-0.05, 0) is 5.56 Å². The summed E-state index contributed by atoms with van der Waals surface area (Å²) < 4.78 is 41.5. The zero-order valence-corrected chi connectivity index (χ0v) is 12.2. The zero-order valence-electron chi connectivity index (χ0n) is 12.2. The third-order valence-electron chi connectivity index (χ3n) is 3.56. The predicted molar refractivity (Wildman–Crippen MR) is 73.2 cm³/mol. The van der Waals surface area contributed by atoms with Crippen LogP contribution in [0.5, 0.6) is 0 Å². The lowest BCUT2D eigenvalue weighted by molar-refractivity contribution is -0.159. The Bertz CT molecular complexity index is 712. The number of carbonyl (C=O) groups is 1. The second-order valence-corrected chi connectivity index (χ2v) is 5.24. The molecule has 9 heteroatoms. The third kappa shape index (κ3) is 3.13. The van der Waals surface area contributed by atoms with Gasteiger partial charge < -0.3 is 14.3 Å². The molecule has 2 aromatic rings. The maximum atomic E-state index is 12.4. The van der Waals surface area contributed by atoms with Gasteiger partial charge in [-0.25, -0.2) is 4.79 Å². The average Bonchev–Trinajstić information content (AvgIpc) is 3.11. The van der Waals surface area contributed by atoms with Crippen LogP contribution in [0.4, 0.5) is 18.0 Å². The lowest BCUT2D eigenvalue weighted by Gasteiger charge is -2.15. The van der Waals surface area contributed by atoms with Crippen molar-refractivity contribution in [3.05, 3.63) is 35.7 Å². The molecule has 1 aliphatic rings. The van der Waals surface area contributed by atoms with Crippen LogP contribution in [0.25, 0.3) is 11.4 Å². The van der Waals surface area contributed by atoms with E-state index in [-0.39, 0.29) is 11.9 Å². The van der Waals surface area contributed by atoms with E-state index in [0.29, 0.717) is 25.2 Å². The number of halogens is 3. The van der Waals surface area contributed by atoms with Gasteiger partial charge in [-0.15, -0.1) is 0 Å². The van der Waals surface area contributed by atoms with Crippen molar-refractivity contribution >= 4 is 6.03 Å². The van der Waals surface area contributed by atoms with Crippen LogP contribution >= 0.6 is 0 Å². The summed E-state index contributed by atoms with van der Waals surface area (Å²) in [6.07, 6.45) is -4.66. The van der Waals surface area contributed by atoms with Gasteiger partial charge in [0, 0.05) is 32.2 Å². The summed E-state index contributed by atoms with van der Waals surface area (Å²) in [6, 6.07) is 6.62. The number of rotatable bonds is 3. The van der Waals surface area contributed by atoms with Gasteiger partial charge in [-0.1, -0.05) is 29.4 Å². The van der Waals surface area contributed by atoms with E-state index in [4.69, 9.17) is 0 Å². The second-order valence-electron chi connectivity index (χ2n) is 5.24. The van der Waals surface area contributed by atoms with Gasteiger partial charge in [0.15, 0.2) is 0 Å². The summed E-state index contributed by atoms with van der Waals surface area (Å²) in [5.41, 5.74) is 1.29. The van der Waals surface area contributed by atoms with Gasteiger partial charge in [0.2, 0.25) is 5.82 Å². The minimum absolute atomic E-state index is 0.0398. The summed E-state index contributed by atoms with van der Waals surface area (Å²) in [6.45, 7) is 1.78. The summed E-state index contributed by atoms with van der Waals surface area (Å²) in [5.74, 6) is -1.50. The number of hydrogen-bond donors (Lipinski definition) is 0. The highest BCUT2D eigenvalue weighted by Gasteiger charge is 2.38. The van der Waals surface area contributed by atoms with Crippen LogP contribution in [0.2, 0.25) is 0 Å². The number of nitrogens with zero attached hydrogens (tertiary/aromatic N) is 4. The maximum Gasteiger partial charge on any atom is 0.471 e. The molecule has 1 aromatic heterocycles. The van der Waals surface area contributed by atoms with Crippen molar-refractivity contribution in [2.45, 2.75) is 12.7 Å². The molecule has 6 nitrogen and oxygen atoms in total. The fourth-order valence-electron chi connectivity index (χ4n) is 2.29. The van der Waals surface area contributed by atoms with Crippen LogP contribution in [0.15, 0.2) is 28.8 Å². The number of likely N-dealkylation sites (N-methyl/N-ethyl adjacent to an activating group) is 1. The van der Waals surface area contributed by atoms with E-state index in [2.05, 4.69) is 14.7 Å². The monoisotopic (exact) mass is 326 g/mol. The van der Waals surface area contributed by atoms with Gasteiger partial charge in [0.1, 0.15) is 0 Å². The Labute approximate surface area is 129 Å². The van der Waals surface area contributed by atoms with E-state index in [0.717, 1.165) is 5.56 Å². The third-order valence-corrected chi connectivity index (χ3v) is 3.56. The number of alkyl halides is 3. The molecule has 0 unspecified atom stereocenters. The van der Waals surface area contributed by atoms with Crippen LogP contribution in [-0.2, 0) is 12.7 Å². The summed E-state index contributed by atoms with van der Waals surface area (Å²) >= 11 is 0. The van der Waals surface area contributed by atoms with Crippen molar-refractivity contribution in [2.24, 2.45) is 0 Å². The predicted octanol–water partition coefficient (Wildman–Crippen LogP) is 2.62. The largest absolute Gasteiger partial charge is 0.471 e. The standard InChI is InChI=1S/C14H13F3N4O2/c1-20-6-7-21(13(20)22)8-9-2-4-10(5-3-9)11-18-12(23-19-11)14(15,16)17/h2-5H,6-8H2,1H3. The Morgan fingerprint density at radius 2 is 1.91 bits per heavy atom. The van der Waals surface area contributed by atoms with Crippen LogP contribution in [0, 0.1) is 0 Å². The van der Waals surface area contributed by atoms with Crippen LogP contribution < -0.4 is 0 Å². The molecule has 1 saturated heterocycles. The van der Waals surface area contributed by atoms with Crippen molar-refractivity contribution < 1.29 is 22.5 Å². The minimum Gasteiger partial charge on any atom is -0.329 e. The molecular weight excluding hydrogens is 313 g/mol. The molecule has 3 rings (SSSR count). The van der Waals surface area contributed by atoms with Crippen LogP contribution in [0.1, 0.15) is 11.5 Å². The van der Waals surface area contributed by atoms with E-state index in [1.165, 1.54) is 0 Å². The molecule has 23 heavy (non-hydrogen) atoms. The van der Waals surface area contributed by atoms with Crippen molar-refractivity contribution in [1.82, 2.24) is 19.9 Å². The Morgan fingerprint density at radius 1 is 1.22 bits per heavy atom. The first-order valence-corrected chi connectivity index (χ1v) is 6.85. The zero-order chi connectivity index (χ0) is 16.6. The molecule has 0 atom stereocenters. The Balaban J connectivity index is 1.72. The van der Waals surface area contributed by atoms with E-state index in [1.807, 2.05) is 0 Å². The van der Waals surface area contributed by atoms with Crippen LogP contribution in [0.3, 0.4) is 0 Å². The minimum atomic E-state index is -4.66. The van der Waals surface area contributed by atoms with Crippen molar-refractivity contribution in [1.29, 1.82) is 0 Å². The summed E-state index contributed by atoms with van der Waals surface area (Å²) in [4.78, 5) is 18.5. The Morgan fingerprint density at radius 3 is 2.43 bits per heavy atom. The van der Waals surface area contributed by atoms with Gasteiger partial charge in [0.05, 0.1) is 0 Å². The Hall–Kier alpha value is -2.58. The first-order chi connectivity index (χ1) is 10.8. The normalized spacial score (nSPS) is 15.6. The smallest absolute Gasteiger partial charge is 0.329 e. The maximum absolute atomic E-state index is 12.4. The van der Waals surface area contributed by atoms with Crippen molar-refractivity contribution in [3.63, 3.8) is 0 Å². The van der Waals surface area contributed by atoms with Crippen LogP contribution in [-0.4, -0.2) is 46.1 Å². The number of benzene rings is 1. The highest BCUT2D eigenvalue weighted by atomic mass is 19.4. The molecular formula is C14H13F3N4O2. The lowest BCUT2D eigenvalue weighted by Crippen LogP contribution is -2.28. The molecule has 122 valence electrons. The average molecular weight is 326 g/mol. The fourth-order valence-corrected chi connectivity index (χ4v) is 2.29. The lowest BCUT2D eigenvalue weighted by atomic mass is 10.1. The SMILES string of the molecule is CN1CCN(Cc2ccc(-c3noc(C(F)(F)F)n3)cc2)C1=O. The van der Waals surface area contributed by atoms with Crippen molar-refractivity contribution in [3.8, 4) is 11.4 Å².